The smallest absolute Gasteiger partial charge is 0.239 e. The summed E-state index contributed by atoms with van der Waals surface area (Å²) >= 11 is 0. The summed E-state index contributed by atoms with van der Waals surface area (Å²) in [6.45, 7) is 7.80. The lowest BCUT2D eigenvalue weighted by molar-refractivity contribution is 0.313. The van der Waals surface area contributed by atoms with Gasteiger partial charge in [0.05, 0.1) is 12.3 Å². The van der Waals surface area contributed by atoms with Gasteiger partial charge in [-0.3, -0.25) is 4.90 Å². The first-order valence-corrected chi connectivity index (χ1v) is 8.21. The number of hydrogen-bond acceptors (Lipinski definition) is 5. The molecule has 1 saturated heterocycles. The molecule has 1 aromatic heterocycles. The second-order valence-electron chi connectivity index (χ2n) is 5.81. The van der Waals surface area contributed by atoms with Crippen LogP contribution in [0, 0.1) is 6.92 Å². The first-order valence-electron chi connectivity index (χ1n) is 8.21. The van der Waals surface area contributed by atoms with Crippen LogP contribution >= 0.6 is 0 Å². The number of likely N-dealkylation sites (tertiary alicyclic amines) is 1. The quantitative estimate of drug-likeness (QED) is 0.816. The minimum atomic E-state index is 0.476. The van der Waals surface area contributed by atoms with Crippen molar-refractivity contribution >= 4 is 0 Å². The maximum atomic E-state index is 5.83. The third kappa shape index (κ3) is 4.20. The predicted octanol–water partition coefficient (Wildman–Crippen LogP) is 3.57. The van der Waals surface area contributed by atoms with Crippen LogP contribution in [-0.4, -0.2) is 34.8 Å². The van der Waals surface area contributed by atoms with Gasteiger partial charge < -0.3 is 9.47 Å². The third-order valence-electron chi connectivity index (χ3n) is 3.90. The maximum absolute atomic E-state index is 5.83. The normalized spacial score (nSPS) is 14.9. The van der Waals surface area contributed by atoms with Crippen LogP contribution in [0.15, 0.2) is 30.3 Å². The van der Waals surface area contributed by atoms with E-state index in [-0.39, 0.29) is 0 Å². The lowest BCUT2D eigenvalue weighted by Gasteiger charge is -2.17. The topological polar surface area (TPSA) is 47.5 Å². The van der Waals surface area contributed by atoms with E-state index in [9.17, 15) is 0 Å². The molecule has 3 rings (SSSR count). The Kier molecular flexibility index (Phi) is 5.08. The van der Waals surface area contributed by atoms with Crippen LogP contribution in [0.3, 0.4) is 0 Å². The summed E-state index contributed by atoms with van der Waals surface area (Å²) < 4.78 is 11.6. The Morgan fingerprint density at radius 1 is 1.04 bits per heavy atom. The zero-order chi connectivity index (χ0) is 16.1. The first-order chi connectivity index (χ1) is 11.2. The Morgan fingerprint density at radius 2 is 1.87 bits per heavy atom. The fourth-order valence-corrected chi connectivity index (χ4v) is 2.76. The summed E-state index contributed by atoms with van der Waals surface area (Å²) in [4.78, 5) is 2.47. The van der Waals surface area contributed by atoms with Gasteiger partial charge >= 0.3 is 0 Å². The van der Waals surface area contributed by atoms with E-state index in [1.807, 2.05) is 32.0 Å². The van der Waals surface area contributed by atoms with E-state index >= 15 is 0 Å². The van der Waals surface area contributed by atoms with Gasteiger partial charge in [-0.2, -0.15) is 5.10 Å². The Labute approximate surface area is 137 Å². The number of aryl methyl sites for hydroxylation is 1. The minimum Gasteiger partial charge on any atom is -0.490 e. The van der Waals surface area contributed by atoms with Gasteiger partial charge in [0.25, 0.3) is 0 Å². The standard InChI is InChI=1S/C18H23N3O2/c1-3-22-17-12-15(13-21-10-4-5-11-21)7-8-16(17)23-18-9-6-14(2)19-20-18/h6-9,12H,3-5,10-11,13H2,1-2H3. The fraction of sp³-hybridized carbons (Fsp3) is 0.444. The molecule has 23 heavy (non-hydrogen) atoms. The molecule has 0 atom stereocenters. The van der Waals surface area contributed by atoms with Gasteiger partial charge in [-0.05, 0) is 63.5 Å². The number of hydrogen-bond donors (Lipinski definition) is 0. The molecule has 0 unspecified atom stereocenters. The van der Waals surface area contributed by atoms with E-state index in [0.29, 0.717) is 18.2 Å². The number of ether oxygens (including phenoxy) is 2. The minimum absolute atomic E-state index is 0.476. The molecule has 1 fully saturated rings. The Morgan fingerprint density at radius 3 is 2.57 bits per heavy atom. The Bertz CT molecular complexity index is 637. The molecule has 1 aliphatic heterocycles. The van der Waals surface area contributed by atoms with Crippen molar-refractivity contribution in [2.45, 2.75) is 33.2 Å². The third-order valence-corrected chi connectivity index (χ3v) is 3.90. The molecule has 0 bridgehead atoms. The average molecular weight is 313 g/mol. The molecule has 122 valence electrons. The van der Waals surface area contributed by atoms with E-state index in [1.165, 1.54) is 31.5 Å². The van der Waals surface area contributed by atoms with Crippen LogP contribution in [0.4, 0.5) is 0 Å². The Hall–Kier alpha value is -2.14. The van der Waals surface area contributed by atoms with Crippen LogP contribution in [0.2, 0.25) is 0 Å². The number of nitrogens with zero attached hydrogens (tertiary/aromatic N) is 3. The van der Waals surface area contributed by atoms with E-state index < -0.39 is 0 Å². The lowest BCUT2D eigenvalue weighted by atomic mass is 10.2. The molecular weight excluding hydrogens is 290 g/mol. The second kappa shape index (κ2) is 7.42. The zero-order valence-corrected chi connectivity index (χ0v) is 13.8. The monoisotopic (exact) mass is 313 g/mol. The van der Waals surface area contributed by atoms with E-state index in [2.05, 4.69) is 27.2 Å². The summed E-state index contributed by atoms with van der Waals surface area (Å²) in [6, 6.07) is 9.81. The highest BCUT2D eigenvalue weighted by Gasteiger charge is 2.14. The van der Waals surface area contributed by atoms with Crippen molar-refractivity contribution in [2.75, 3.05) is 19.7 Å². The molecule has 0 aliphatic carbocycles. The van der Waals surface area contributed by atoms with Gasteiger partial charge in [0, 0.05) is 12.6 Å². The van der Waals surface area contributed by atoms with Gasteiger partial charge in [0.2, 0.25) is 5.88 Å². The van der Waals surface area contributed by atoms with E-state index in [1.54, 1.807) is 0 Å². The van der Waals surface area contributed by atoms with Crippen LogP contribution in [0.5, 0.6) is 17.4 Å². The molecule has 1 aromatic carbocycles. The number of benzene rings is 1. The predicted molar refractivity (Wildman–Crippen MR) is 89.0 cm³/mol. The summed E-state index contributed by atoms with van der Waals surface area (Å²) in [6.07, 6.45) is 2.59. The van der Waals surface area contributed by atoms with Crippen molar-refractivity contribution in [1.29, 1.82) is 0 Å². The summed E-state index contributed by atoms with van der Waals surface area (Å²) in [5, 5.41) is 8.06. The highest BCUT2D eigenvalue weighted by Crippen LogP contribution is 2.32. The number of rotatable bonds is 6. The molecule has 0 N–H and O–H groups in total. The molecule has 2 heterocycles. The molecule has 2 aromatic rings. The van der Waals surface area contributed by atoms with Gasteiger partial charge in [-0.15, -0.1) is 5.10 Å². The second-order valence-corrected chi connectivity index (χ2v) is 5.81. The molecular formula is C18H23N3O2. The highest BCUT2D eigenvalue weighted by molar-refractivity contribution is 5.44. The molecule has 0 amide bonds. The van der Waals surface area contributed by atoms with E-state index in [4.69, 9.17) is 9.47 Å². The van der Waals surface area contributed by atoms with Crippen molar-refractivity contribution in [3.8, 4) is 17.4 Å². The zero-order valence-electron chi connectivity index (χ0n) is 13.8. The molecule has 0 spiro atoms. The molecule has 0 saturated carbocycles. The van der Waals surface area contributed by atoms with E-state index in [0.717, 1.165) is 18.0 Å². The van der Waals surface area contributed by atoms with Gasteiger partial charge in [-0.25, -0.2) is 0 Å². The maximum Gasteiger partial charge on any atom is 0.239 e. The number of aromatic nitrogens is 2. The van der Waals surface area contributed by atoms with Crippen LogP contribution < -0.4 is 9.47 Å². The van der Waals surface area contributed by atoms with Gasteiger partial charge in [-0.1, -0.05) is 6.07 Å². The van der Waals surface area contributed by atoms with Gasteiger partial charge in [0.1, 0.15) is 0 Å². The van der Waals surface area contributed by atoms with Crippen LogP contribution in [0.25, 0.3) is 0 Å². The Balaban J connectivity index is 1.76. The van der Waals surface area contributed by atoms with Crippen molar-refractivity contribution < 1.29 is 9.47 Å². The van der Waals surface area contributed by atoms with Crippen molar-refractivity contribution in [3.05, 3.63) is 41.6 Å². The first kappa shape index (κ1) is 15.7. The summed E-state index contributed by atoms with van der Waals surface area (Å²) in [5.74, 6) is 1.91. The largest absolute Gasteiger partial charge is 0.490 e. The van der Waals surface area contributed by atoms with Crippen LogP contribution in [0.1, 0.15) is 31.0 Å². The van der Waals surface area contributed by atoms with Crippen molar-refractivity contribution in [1.82, 2.24) is 15.1 Å². The molecule has 5 nitrogen and oxygen atoms in total. The van der Waals surface area contributed by atoms with Crippen molar-refractivity contribution in [2.24, 2.45) is 0 Å². The fourth-order valence-electron chi connectivity index (χ4n) is 2.76. The summed E-state index contributed by atoms with van der Waals surface area (Å²) in [5.41, 5.74) is 2.11. The molecule has 0 radical (unpaired) electrons. The highest BCUT2D eigenvalue weighted by atomic mass is 16.5. The lowest BCUT2D eigenvalue weighted by Crippen LogP contribution is -2.18. The summed E-state index contributed by atoms with van der Waals surface area (Å²) in [7, 11) is 0. The molecule has 1 aliphatic rings. The average Bonchev–Trinajstić information content (AvgIpc) is 3.05. The van der Waals surface area contributed by atoms with Crippen LogP contribution in [-0.2, 0) is 6.54 Å². The molecule has 5 heteroatoms. The van der Waals surface area contributed by atoms with Crippen molar-refractivity contribution in [3.63, 3.8) is 0 Å². The SMILES string of the molecule is CCOc1cc(CN2CCCC2)ccc1Oc1ccc(C)nn1. The van der Waals surface area contributed by atoms with Gasteiger partial charge in [0.15, 0.2) is 11.5 Å².